The first-order chi connectivity index (χ1) is 14.7. The zero-order valence-corrected chi connectivity index (χ0v) is 16.2. The summed E-state index contributed by atoms with van der Waals surface area (Å²) < 4.78 is 0. The molecule has 4 heteroatoms. The van der Waals surface area contributed by atoms with Gasteiger partial charge in [-0.2, -0.15) is 0 Å². The van der Waals surface area contributed by atoms with Crippen LogP contribution in [0.5, 0.6) is 0 Å². The van der Waals surface area contributed by atoms with E-state index in [2.05, 4.69) is 10.6 Å². The molecule has 0 atom stereocenters. The fraction of sp³-hybridized carbons (Fsp3) is 0. The first kappa shape index (κ1) is 19.2. The van der Waals surface area contributed by atoms with Gasteiger partial charge in [0.1, 0.15) is 0 Å². The van der Waals surface area contributed by atoms with E-state index in [1.54, 1.807) is 30.3 Å². The molecule has 30 heavy (non-hydrogen) atoms. The Labute approximate surface area is 175 Å². The summed E-state index contributed by atoms with van der Waals surface area (Å²) in [6.45, 7) is 0. The predicted octanol–water partition coefficient (Wildman–Crippen LogP) is 5.86. The van der Waals surface area contributed by atoms with Crippen LogP contribution >= 0.6 is 0 Å². The second kappa shape index (κ2) is 8.88. The van der Waals surface area contributed by atoms with Crippen LogP contribution in [0.4, 0.5) is 11.4 Å². The Kier molecular flexibility index (Phi) is 5.67. The van der Waals surface area contributed by atoms with Crippen LogP contribution in [0.1, 0.15) is 20.7 Å². The Hall–Kier alpha value is -4.18. The molecule has 0 fully saturated rings. The van der Waals surface area contributed by atoms with Crippen molar-refractivity contribution in [1.82, 2.24) is 0 Å². The van der Waals surface area contributed by atoms with Crippen LogP contribution in [0.2, 0.25) is 0 Å². The molecule has 0 spiro atoms. The standard InChI is InChI=1S/C26H20N2O2/c29-25(20-12-6-2-7-13-20)27-22-16-17-23(19-10-4-1-5-11-19)24(18-22)28-26(30)21-14-8-3-9-15-21/h1-18H,(H,27,29)(H,28,30). The SMILES string of the molecule is O=C(Nc1ccc(-c2ccccc2)c(NC(=O)c2ccccc2)c1)c1ccccc1. The molecule has 4 rings (SSSR count). The smallest absolute Gasteiger partial charge is 0.255 e. The van der Waals surface area contributed by atoms with Gasteiger partial charge >= 0.3 is 0 Å². The summed E-state index contributed by atoms with van der Waals surface area (Å²) >= 11 is 0. The molecule has 146 valence electrons. The first-order valence-electron chi connectivity index (χ1n) is 9.63. The molecule has 0 bridgehead atoms. The fourth-order valence-corrected chi connectivity index (χ4v) is 3.17. The van der Waals surface area contributed by atoms with Crippen LogP contribution in [0.15, 0.2) is 109 Å². The molecule has 4 aromatic rings. The topological polar surface area (TPSA) is 58.2 Å². The molecule has 0 aromatic heterocycles. The van der Waals surface area contributed by atoms with E-state index in [1.165, 1.54) is 0 Å². The largest absolute Gasteiger partial charge is 0.322 e. The van der Waals surface area contributed by atoms with E-state index in [1.807, 2.05) is 78.9 Å². The summed E-state index contributed by atoms with van der Waals surface area (Å²) in [6, 6.07) is 33.4. The van der Waals surface area contributed by atoms with E-state index < -0.39 is 0 Å². The summed E-state index contributed by atoms with van der Waals surface area (Å²) in [7, 11) is 0. The molecule has 0 aliphatic rings. The number of rotatable bonds is 5. The third kappa shape index (κ3) is 4.45. The van der Waals surface area contributed by atoms with Crippen LogP contribution in [0.3, 0.4) is 0 Å². The van der Waals surface area contributed by atoms with Crippen molar-refractivity contribution in [3.05, 3.63) is 120 Å². The maximum Gasteiger partial charge on any atom is 0.255 e. The number of carbonyl (C=O) groups excluding carboxylic acids is 2. The molecule has 0 unspecified atom stereocenters. The van der Waals surface area contributed by atoms with Crippen LogP contribution in [0.25, 0.3) is 11.1 Å². The third-order valence-corrected chi connectivity index (χ3v) is 4.68. The van der Waals surface area contributed by atoms with Crippen molar-refractivity contribution in [1.29, 1.82) is 0 Å². The maximum absolute atomic E-state index is 12.8. The molecule has 0 aliphatic heterocycles. The van der Waals surface area contributed by atoms with E-state index >= 15 is 0 Å². The number of carbonyl (C=O) groups is 2. The van der Waals surface area contributed by atoms with Crippen molar-refractivity contribution in [2.75, 3.05) is 10.6 Å². The Balaban J connectivity index is 1.66. The lowest BCUT2D eigenvalue weighted by Gasteiger charge is -2.14. The van der Waals surface area contributed by atoms with Crippen LogP contribution in [-0.4, -0.2) is 11.8 Å². The highest BCUT2D eigenvalue weighted by atomic mass is 16.2. The molecule has 0 saturated carbocycles. The highest BCUT2D eigenvalue weighted by molar-refractivity contribution is 6.08. The van der Waals surface area contributed by atoms with Crippen molar-refractivity contribution in [2.45, 2.75) is 0 Å². The van der Waals surface area contributed by atoms with Gasteiger partial charge in [-0.05, 0) is 42.0 Å². The Morgan fingerprint density at radius 1 is 0.533 bits per heavy atom. The number of hydrogen-bond donors (Lipinski definition) is 2. The quantitative estimate of drug-likeness (QED) is 0.447. The minimum atomic E-state index is -0.209. The Bertz CT molecular complexity index is 1160. The third-order valence-electron chi connectivity index (χ3n) is 4.68. The zero-order chi connectivity index (χ0) is 20.8. The van der Waals surface area contributed by atoms with E-state index in [0.29, 0.717) is 22.5 Å². The van der Waals surface area contributed by atoms with Gasteiger partial charge in [0.05, 0.1) is 5.69 Å². The molecule has 0 aliphatic carbocycles. The Morgan fingerprint density at radius 3 is 1.60 bits per heavy atom. The molecular formula is C26H20N2O2. The van der Waals surface area contributed by atoms with Gasteiger partial charge < -0.3 is 10.6 Å². The second-order valence-corrected chi connectivity index (χ2v) is 6.77. The molecule has 0 heterocycles. The van der Waals surface area contributed by atoms with Gasteiger partial charge in [0, 0.05) is 22.4 Å². The number of hydrogen-bond acceptors (Lipinski definition) is 2. The Morgan fingerprint density at radius 2 is 1.03 bits per heavy atom. The molecule has 2 amide bonds. The van der Waals surface area contributed by atoms with Gasteiger partial charge in [0.15, 0.2) is 0 Å². The molecule has 0 radical (unpaired) electrons. The van der Waals surface area contributed by atoms with Crippen molar-refractivity contribution in [3.63, 3.8) is 0 Å². The maximum atomic E-state index is 12.8. The van der Waals surface area contributed by atoms with Gasteiger partial charge in [-0.3, -0.25) is 9.59 Å². The summed E-state index contributed by atoms with van der Waals surface area (Å²) in [6.07, 6.45) is 0. The summed E-state index contributed by atoms with van der Waals surface area (Å²) in [5.41, 5.74) is 4.21. The van der Waals surface area contributed by atoms with Gasteiger partial charge in [-0.15, -0.1) is 0 Å². The fourth-order valence-electron chi connectivity index (χ4n) is 3.17. The van der Waals surface area contributed by atoms with Crippen molar-refractivity contribution < 1.29 is 9.59 Å². The van der Waals surface area contributed by atoms with E-state index in [0.717, 1.165) is 11.1 Å². The number of amides is 2. The normalized spacial score (nSPS) is 10.3. The highest BCUT2D eigenvalue weighted by Crippen LogP contribution is 2.31. The van der Waals surface area contributed by atoms with Gasteiger partial charge in [-0.1, -0.05) is 72.8 Å². The second-order valence-electron chi connectivity index (χ2n) is 6.77. The minimum absolute atomic E-state index is 0.205. The molecule has 4 aromatic carbocycles. The van der Waals surface area contributed by atoms with Crippen LogP contribution in [-0.2, 0) is 0 Å². The van der Waals surface area contributed by atoms with Gasteiger partial charge in [0.2, 0.25) is 0 Å². The lowest BCUT2D eigenvalue weighted by molar-refractivity contribution is 0.101. The summed E-state index contributed by atoms with van der Waals surface area (Å²) in [4.78, 5) is 25.3. The number of benzene rings is 4. The first-order valence-corrected chi connectivity index (χ1v) is 9.63. The minimum Gasteiger partial charge on any atom is -0.322 e. The molecule has 4 nitrogen and oxygen atoms in total. The summed E-state index contributed by atoms with van der Waals surface area (Å²) in [5, 5.41) is 5.89. The van der Waals surface area contributed by atoms with E-state index in [4.69, 9.17) is 0 Å². The lowest BCUT2D eigenvalue weighted by atomic mass is 10.0. The number of nitrogens with one attached hydrogen (secondary N) is 2. The molecule has 2 N–H and O–H groups in total. The van der Waals surface area contributed by atoms with Crippen molar-refractivity contribution >= 4 is 23.2 Å². The van der Waals surface area contributed by atoms with E-state index in [9.17, 15) is 9.59 Å². The average molecular weight is 392 g/mol. The molecular weight excluding hydrogens is 372 g/mol. The zero-order valence-electron chi connectivity index (χ0n) is 16.2. The van der Waals surface area contributed by atoms with E-state index in [-0.39, 0.29) is 11.8 Å². The number of anilines is 2. The average Bonchev–Trinajstić information content (AvgIpc) is 2.81. The monoisotopic (exact) mass is 392 g/mol. The lowest BCUT2D eigenvalue weighted by Crippen LogP contribution is -2.14. The van der Waals surface area contributed by atoms with Crippen LogP contribution < -0.4 is 10.6 Å². The molecule has 0 saturated heterocycles. The van der Waals surface area contributed by atoms with Crippen molar-refractivity contribution in [3.8, 4) is 11.1 Å². The predicted molar refractivity (Wildman–Crippen MR) is 121 cm³/mol. The van der Waals surface area contributed by atoms with Crippen LogP contribution in [0, 0.1) is 0 Å². The summed E-state index contributed by atoms with van der Waals surface area (Å²) in [5.74, 6) is -0.414. The highest BCUT2D eigenvalue weighted by Gasteiger charge is 2.13. The van der Waals surface area contributed by atoms with Crippen molar-refractivity contribution in [2.24, 2.45) is 0 Å². The van der Waals surface area contributed by atoms with Gasteiger partial charge in [-0.25, -0.2) is 0 Å². The van der Waals surface area contributed by atoms with Gasteiger partial charge in [0.25, 0.3) is 11.8 Å².